The predicted octanol–water partition coefficient (Wildman–Crippen LogP) is 2.82. The van der Waals surface area contributed by atoms with Crippen molar-refractivity contribution in [3.05, 3.63) is 23.1 Å². The maximum atomic E-state index is 11.2. The standard InChI is InChI=1S/C10H13ClO3/c1-2-3-5-13-9(12)7-8-4-6-14-10(8)11/h4,6H,2-3,5,7H2,1H3. The molecule has 4 heteroatoms. The fourth-order valence-corrected chi connectivity index (χ4v) is 1.16. The molecule has 78 valence electrons. The fourth-order valence-electron chi connectivity index (χ4n) is 0.982. The Morgan fingerprint density at radius 3 is 3.00 bits per heavy atom. The van der Waals surface area contributed by atoms with Gasteiger partial charge in [0.15, 0.2) is 5.22 Å². The maximum absolute atomic E-state index is 11.2. The Bertz CT molecular complexity index is 293. The highest BCUT2D eigenvalue weighted by atomic mass is 35.5. The zero-order valence-corrected chi connectivity index (χ0v) is 8.84. The van der Waals surface area contributed by atoms with E-state index in [1.54, 1.807) is 6.07 Å². The van der Waals surface area contributed by atoms with Crippen LogP contribution in [0, 0.1) is 0 Å². The van der Waals surface area contributed by atoms with Crippen LogP contribution in [0.3, 0.4) is 0 Å². The van der Waals surface area contributed by atoms with Gasteiger partial charge in [-0.25, -0.2) is 0 Å². The molecule has 1 aromatic rings. The largest absolute Gasteiger partial charge is 0.465 e. The van der Waals surface area contributed by atoms with Crippen LogP contribution >= 0.6 is 11.6 Å². The van der Waals surface area contributed by atoms with E-state index in [-0.39, 0.29) is 17.6 Å². The number of carbonyl (C=O) groups excluding carboxylic acids is 1. The molecule has 1 heterocycles. The molecule has 14 heavy (non-hydrogen) atoms. The lowest BCUT2D eigenvalue weighted by Crippen LogP contribution is -2.08. The molecule has 0 saturated heterocycles. The van der Waals surface area contributed by atoms with Gasteiger partial charge in [0.2, 0.25) is 0 Å². The summed E-state index contributed by atoms with van der Waals surface area (Å²) in [6, 6.07) is 1.67. The molecule has 3 nitrogen and oxygen atoms in total. The van der Waals surface area contributed by atoms with Crippen LogP contribution in [0.4, 0.5) is 0 Å². The van der Waals surface area contributed by atoms with Gasteiger partial charge in [-0.1, -0.05) is 13.3 Å². The number of rotatable bonds is 5. The van der Waals surface area contributed by atoms with Gasteiger partial charge in [-0.3, -0.25) is 4.79 Å². The summed E-state index contributed by atoms with van der Waals surface area (Å²) in [5.41, 5.74) is 0.674. The third-order valence-electron chi connectivity index (χ3n) is 1.79. The number of hydrogen-bond acceptors (Lipinski definition) is 3. The highest BCUT2D eigenvalue weighted by Crippen LogP contribution is 2.17. The minimum absolute atomic E-state index is 0.180. The van der Waals surface area contributed by atoms with Crippen LogP contribution in [0.2, 0.25) is 5.22 Å². The van der Waals surface area contributed by atoms with Crippen LogP contribution in [0.5, 0.6) is 0 Å². The zero-order chi connectivity index (χ0) is 10.4. The maximum Gasteiger partial charge on any atom is 0.310 e. The normalized spacial score (nSPS) is 10.1. The van der Waals surface area contributed by atoms with Crippen LogP contribution < -0.4 is 0 Å². The van der Waals surface area contributed by atoms with Gasteiger partial charge >= 0.3 is 5.97 Å². The monoisotopic (exact) mass is 216 g/mol. The summed E-state index contributed by atoms with van der Waals surface area (Å²) < 4.78 is 9.82. The van der Waals surface area contributed by atoms with E-state index in [0.717, 1.165) is 12.8 Å². The van der Waals surface area contributed by atoms with E-state index in [1.165, 1.54) is 6.26 Å². The molecule has 0 saturated carbocycles. The lowest BCUT2D eigenvalue weighted by Gasteiger charge is -2.02. The van der Waals surface area contributed by atoms with E-state index >= 15 is 0 Å². The summed E-state index contributed by atoms with van der Waals surface area (Å²) in [4.78, 5) is 11.2. The SMILES string of the molecule is CCCCOC(=O)Cc1ccoc1Cl. The lowest BCUT2D eigenvalue weighted by molar-refractivity contribution is -0.142. The number of esters is 1. The summed E-state index contributed by atoms with van der Waals surface area (Å²) in [7, 11) is 0. The van der Waals surface area contributed by atoms with E-state index in [2.05, 4.69) is 0 Å². The van der Waals surface area contributed by atoms with Gasteiger partial charge in [0, 0.05) is 5.56 Å². The number of furan rings is 1. The Kier molecular flexibility index (Phi) is 4.53. The Labute approximate surface area is 88.0 Å². The van der Waals surface area contributed by atoms with Crippen LogP contribution in [0.1, 0.15) is 25.3 Å². The summed E-state index contributed by atoms with van der Waals surface area (Å²) in [5, 5.41) is 0.262. The second-order valence-corrected chi connectivity index (χ2v) is 3.31. The molecule has 0 radical (unpaired) electrons. The van der Waals surface area contributed by atoms with E-state index in [0.29, 0.717) is 12.2 Å². The van der Waals surface area contributed by atoms with E-state index in [4.69, 9.17) is 20.8 Å². The van der Waals surface area contributed by atoms with Crippen LogP contribution in [0.15, 0.2) is 16.7 Å². The molecule has 0 aliphatic heterocycles. The predicted molar refractivity (Wildman–Crippen MR) is 53.3 cm³/mol. The van der Waals surface area contributed by atoms with Crippen LogP contribution in [-0.4, -0.2) is 12.6 Å². The highest BCUT2D eigenvalue weighted by Gasteiger charge is 2.09. The molecule has 0 aromatic carbocycles. The number of halogens is 1. The van der Waals surface area contributed by atoms with Gasteiger partial charge < -0.3 is 9.15 Å². The molecule has 0 N–H and O–H groups in total. The molecule has 1 rings (SSSR count). The summed E-state index contributed by atoms with van der Waals surface area (Å²) in [6.45, 7) is 2.52. The summed E-state index contributed by atoms with van der Waals surface area (Å²) in [5.74, 6) is -0.262. The van der Waals surface area contributed by atoms with Crippen molar-refractivity contribution in [2.24, 2.45) is 0 Å². The minimum atomic E-state index is -0.262. The molecular weight excluding hydrogens is 204 g/mol. The molecule has 0 amide bonds. The first-order valence-corrected chi connectivity index (χ1v) is 4.99. The molecule has 0 spiro atoms. The van der Waals surface area contributed by atoms with Crippen molar-refractivity contribution in [3.8, 4) is 0 Å². The molecule has 0 atom stereocenters. The Balaban J connectivity index is 2.31. The van der Waals surface area contributed by atoms with Gasteiger partial charge in [-0.2, -0.15) is 0 Å². The molecule has 0 aliphatic rings. The molecule has 0 unspecified atom stereocenters. The molecule has 0 aliphatic carbocycles. The number of hydrogen-bond donors (Lipinski definition) is 0. The third kappa shape index (κ3) is 3.42. The van der Waals surface area contributed by atoms with Crippen molar-refractivity contribution in [2.45, 2.75) is 26.2 Å². The van der Waals surface area contributed by atoms with Gasteiger partial charge in [0.25, 0.3) is 0 Å². The quantitative estimate of drug-likeness (QED) is 0.561. The third-order valence-corrected chi connectivity index (χ3v) is 2.12. The fraction of sp³-hybridized carbons (Fsp3) is 0.500. The first-order chi connectivity index (χ1) is 6.74. The van der Waals surface area contributed by atoms with Crippen molar-refractivity contribution < 1.29 is 13.9 Å². The van der Waals surface area contributed by atoms with Crippen LogP contribution in [0.25, 0.3) is 0 Å². The number of ether oxygens (including phenoxy) is 1. The lowest BCUT2D eigenvalue weighted by atomic mass is 10.2. The first kappa shape index (κ1) is 11.1. The van der Waals surface area contributed by atoms with E-state index < -0.39 is 0 Å². The van der Waals surface area contributed by atoms with Gasteiger partial charge in [-0.05, 0) is 24.1 Å². The second kappa shape index (κ2) is 5.70. The summed E-state index contributed by atoms with van der Waals surface area (Å²) >= 11 is 5.67. The van der Waals surface area contributed by atoms with Crippen molar-refractivity contribution in [2.75, 3.05) is 6.61 Å². The van der Waals surface area contributed by atoms with Gasteiger partial charge in [0.1, 0.15) is 0 Å². The Hall–Kier alpha value is -0.960. The average molecular weight is 217 g/mol. The zero-order valence-electron chi connectivity index (χ0n) is 8.09. The van der Waals surface area contributed by atoms with E-state index in [9.17, 15) is 4.79 Å². The topological polar surface area (TPSA) is 39.4 Å². The Morgan fingerprint density at radius 1 is 1.64 bits per heavy atom. The number of carbonyl (C=O) groups is 1. The van der Waals surface area contributed by atoms with Crippen molar-refractivity contribution in [1.29, 1.82) is 0 Å². The molecule has 1 aromatic heterocycles. The second-order valence-electron chi connectivity index (χ2n) is 2.97. The van der Waals surface area contributed by atoms with E-state index in [1.807, 2.05) is 6.92 Å². The van der Waals surface area contributed by atoms with Crippen LogP contribution in [-0.2, 0) is 16.0 Å². The minimum Gasteiger partial charge on any atom is -0.465 e. The Morgan fingerprint density at radius 2 is 2.43 bits per heavy atom. The van der Waals surface area contributed by atoms with Gasteiger partial charge in [-0.15, -0.1) is 0 Å². The number of unbranched alkanes of at least 4 members (excludes halogenated alkanes) is 1. The van der Waals surface area contributed by atoms with Crippen molar-refractivity contribution >= 4 is 17.6 Å². The molecule has 0 bridgehead atoms. The highest BCUT2D eigenvalue weighted by molar-refractivity contribution is 6.29. The van der Waals surface area contributed by atoms with Crippen molar-refractivity contribution in [1.82, 2.24) is 0 Å². The average Bonchev–Trinajstić information content (AvgIpc) is 2.52. The van der Waals surface area contributed by atoms with Gasteiger partial charge in [0.05, 0.1) is 19.3 Å². The smallest absolute Gasteiger partial charge is 0.310 e. The van der Waals surface area contributed by atoms with Crippen molar-refractivity contribution in [3.63, 3.8) is 0 Å². The first-order valence-electron chi connectivity index (χ1n) is 4.61. The summed E-state index contributed by atoms with van der Waals surface area (Å²) in [6.07, 6.45) is 3.54. The molecule has 0 fully saturated rings. The molecular formula is C10H13ClO3.